The Morgan fingerprint density at radius 1 is 1.00 bits per heavy atom. The molecule has 0 fully saturated rings. The second-order valence-electron chi connectivity index (χ2n) is 6.40. The quantitative estimate of drug-likeness (QED) is 0.655. The molecule has 140 valence electrons. The van der Waals surface area contributed by atoms with Crippen LogP contribution in [0.3, 0.4) is 0 Å². The molecular weight excluding hydrogens is 348 g/mol. The third kappa shape index (κ3) is 4.21. The van der Waals surface area contributed by atoms with Crippen LogP contribution in [0.5, 0.6) is 5.75 Å². The van der Waals surface area contributed by atoms with Gasteiger partial charge in [0.1, 0.15) is 5.75 Å². The van der Waals surface area contributed by atoms with Crippen molar-refractivity contribution in [1.82, 2.24) is 5.32 Å². The van der Waals surface area contributed by atoms with E-state index in [-0.39, 0.29) is 11.9 Å². The highest BCUT2D eigenvalue weighted by atomic mass is 16.5. The normalized spacial score (nSPS) is 11.3. The summed E-state index contributed by atoms with van der Waals surface area (Å²) in [4.78, 5) is 13.0. The molecule has 4 heteroatoms. The summed E-state index contributed by atoms with van der Waals surface area (Å²) >= 11 is 0. The summed E-state index contributed by atoms with van der Waals surface area (Å²) in [5, 5.41) is 12.5. The van der Waals surface area contributed by atoms with Crippen LogP contribution < -0.4 is 10.1 Å². The molecule has 0 spiro atoms. The van der Waals surface area contributed by atoms with Gasteiger partial charge >= 0.3 is 0 Å². The van der Waals surface area contributed by atoms with Crippen LogP contribution in [0.2, 0.25) is 0 Å². The van der Waals surface area contributed by atoms with Crippen molar-refractivity contribution in [2.45, 2.75) is 19.9 Å². The predicted molar refractivity (Wildman–Crippen MR) is 110 cm³/mol. The van der Waals surface area contributed by atoms with Gasteiger partial charge in [0.05, 0.1) is 24.3 Å². The van der Waals surface area contributed by atoms with Gasteiger partial charge in [-0.3, -0.25) is 4.79 Å². The monoisotopic (exact) mass is 370 g/mol. The van der Waals surface area contributed by atoms with Gasteiger partial charge in [0.15, 0.2) is 0 Å². The number of benzene rings is 3. The van der Waals surface area contributed by atoms with Crippen molar-refractivity contribution in [2.24, 2.45) is 0 Å². The van der Waals surface area contributed by atoms with E-state index in [4.69, 9.17) is 4.74 Å². The lowest BCUT2D eigenvalue weighted by atomic mass is 9.95. The summed E-state index contributed by atoms with van der Waals surface area (Å²) in [7, 11) is 0. The first-order chi connectivity index (χ1) is 13.6. The predicted octanol–water partition coefficient (Wildman–Crippen LogP) is 5.11. The van der Waals surface area contributed by atoms with E-state index in [1.807, 2.05) is 74.5 Å². The molecule has 0 radical (unpaired) electrons. The maximum absolute atomic E-state index is 13.0. The molecular formula is C24H22N2O2. The molecule has 0 saturated carbocycles. The van der Waals surface area contributed by atoms with Crippen LogP contribution in [-0.2, 0) is 0 Å². The molecule has 1 unspecified atom stereocenters. The van der Waals surface area contributed by atoms with Crippen molar-refractivity contribution in [3.63, 3.8) is 0 Å². The molecule has 0 saturated heterocycles. The number of hydrogen-bond donors (Lipinski definition) is 1. The fourth-order valence-corrected chi connectivity index (χ4v) is 3.11. The standard InChI is InChI=1S/C24H22N2O2/c1-3-28-20-14-12-18(13-15-20)17(2)26-24(27)23-11-7-6-10-22(23)21-9-5-4-8-19(21)16-25/h4-15,17H,3H2,1-2H3,(H,26,27). The van der Waals surface area contributed by atoms with Crippen LogP contribution in [0.15, 0.2) is 72.8 Å². The molecule has 3 aromatic rings. The Morgan fingerprint density at radius 2 is 1.64 bits per heavy atom. The van der Waals surface area contributed by atoms with Gasteiger partial charge in [-0.2, -0.15) is 5.26 Å². The number of nitriles is 1. The molecule has 0 bridgehead atoms. The van der Waals surface area contributed by atoms with Gasteiger partial charge < -0.3 is 10.1 Å². The van der Waals surface area contributed by atoms with Crippen LogP contribution in [0.25, 0.3) is 11.1 Å². The smallest absolute Gasteiger partial charge is 0.252 e. The number of amides is 1. The minimum absolute atomic E-state index is 0.164. The second-order valence-corrected chi connectivity index (χ2v) is 6.40. The summed E-state index contributed by atoms with van der Waals surface area (Å²) in [5.74, 6) is 0.632. The lowest BCUT2D eigenvalue weighted by Crippen LogP contribution is -2.27. The number of ether oxygens (including phenoxy) is 1. The molecule has 0 heterocycles. The molecule has 1 N–H and O–H groups in total. The van der Waals surface area contributed by atoms with Gasteiger partial charge in [-0.15, -0.1) is 0 Å². The van der Waals surface area contributed by atoms with E-state index in [1.54, 1.807) is 12.1 Å². The Bertz CT molecular complexity index is 1000. The number of nitrogens with zero attached hydrogens (tertiary/aromatic N) is 1. The van der Waals surface area contributed by atoms with Gasteiger partial charge in [0, 0.05) is 11.1 Å². The number of carbonyl (C=O) groups is 1. The first kappa shape index (κ1) is 19.2. The molecule has 0 aliphatic rings. The van der Waals surface area contributed by atoms with Crippen LogP contribution in [0.1, 0.15) is 41.4 Å². The van der Waals surface area contributed by atoms with Crippen molar-refractivity contribution in [3.05, 3.63) is 89.5 Å². The average Bonchev–Trinajstić information content (AvgIpc) is 2.74. The van der Waals surface area contributed by atoms with E-state index < -0.39 is 0 Å². The average molecular weight is 370 g/mol. The third-order valence-electron chi connectivity index (χ3n) is 4.55. The van der Waals surface area contributed by atoms with Crippen LogP contribution in [0.4, 0.5) is 0 Å². The van der Waals surface area contributed by atoms with Crippen LogP contribution in [0, 0.1) is 11.3 Å². The maximum atomic E-state index is 13.0. The first-order valence-corrected chi connectivity index (χ1v) is 9.26. The SMILES string of the molecule is CCOc1ccc(C(C)NC(=O)c2ccccc2-c2ccccc2C#N)cc1. The van der Waals surface area contributed by atoms with Gasteiger partial charge in [-0.1, -0.05) is 48.5 Å². The highest BCUT2D eigenvalue weighted by Crippen LogP contribution is 2.27. The fourth-order valence-electron chi connectivity index (χ4n) is 3.11. The lowest BCUT2D eigenvalue weighted by Gasteiger charge is -2.17. The Morgan fingerprint density at radius 3 is 2.32 bits per heavy atom. The Hall–Kier alpha value is -3.58. The first-order valence-electron chi connectivity index (χ1n) is 9.26. The van der Waals surface area contributed by atoms with Crippen LogP contribution in [-0.4, -0.2) is 12.5 Å². The van der Waals surface area contributed by atoms with E-state index in [1.165, 1.54) is 0 Å². The van der Waals surface area contributed by atoms with Gasteiger partial charge in [-0.25, -0.2) is 0 Å². The molecule has 1 atom stereocenters. The Balaban J connectivity index is 1.84. The topological polar surface area (TPSA) is 62.1 Å². The lowest BCUT2D eigenvalue weighted by molar-refractivity contribution is 0.0940. The number of nitrogens with one attached hydrogen (secondary N) is 1. The zero-order valence-electron chi connectivity index (χ0n) is 16.0. The molecule has 0 aliphatic carbocycles. The summed E-state index contributed by atoms with van der Waals surface area (Å²) < 4.78 is 5.46. The fraction of sp³-hybridized carbons (Fsp3) is 0.167. The van der Waals surface area contributed by atoms with E-state index in [0.717, 1.165) is 22.4 Å². The maximum Gasteiger partial charge on any atom is 0.252 e. The molecule has 4 nitrogen and oxygen atoms in total. The van der Waals surface area contributed by atoms with Crippen molar-refractivity contribution >= 4 is 5.91 Å². The zero-order chi connectivity index (χ0) is 19.9. The van der Waals surface area contributed by atoms with Crippen molar-refractivity contribution < 1.29 is 9.53 Å². The van der Waals surface area contributed by atoms with Crippen molar-refractivity contribution in [2.75, 3.05) is 6.61 Å². The zero-order valence-corrected chi connectivity index (χ0v) is 16.0. The van der Waals surface area contributed by atoms with Gasteiger partial charge in [0.2, 0.25) is 0 Å². The van der Waals surface area contributed by atoms with E-state index >= 15 is 0 Å². The number of rotatable bonds is 6. The summed E-state index contributed by atoms with van der Waals surface area (Å²) in [6, 6.07) is 24.4. The second kappa shape index (κ2) is 8.88. The van der Waals surface area contributed by atoms with Crippen molar-refractivity contribution in [1.29, 1.82) is 5.26 Å². The minimum atomic E-state index is -0.176. The van der Waals surface area contributed by atoms with E-state index in [2.05, 4.69) is 11.4 Å². The summed E-state index contributed by atoms with van der Waals surface area (Å²) in [6.45, 7) is 4.50. The van der Waals surface area contributed by atoms with Crippen molar-refractivity contribution in [3.8, 4) is 22.9 Å². The molecule has 0 aromatic heterocycles. The Kier molecular flexibility index (Phi) is 6.08. The van der Waals surface area contributed by atoms with Gasteiger partial charge in [0.25, 0.3) is 5.91 Å². The molecule has 1 amide bonds. The summed E-state index contributed by atoms with van der Waals surface area (Å²) in [5.41, 5.74) is 3.58. The molecule has 3 aromatic carbocycles. The molecule has 0 aliphatic heterocycles. The van der Waals surface area contributed by atoms with E-state index in [0.29, 0.717) is 17.7 Å². The number of carbonyl (C=O) groups excluding carboxylic acids is 1. The van der Waals surface area contributed by atoms with Gasteiger partial charge in [-0.05, 0) is 49.2 Å². The minimum Gasteiger partial charge on any atom is -0.494 e. The van der Waals surface area contributed by atoms with Crippen LogP contribution >= 0.6 is 0 Å². The Labute approximate surface area is 165 Å². The summed E-state index contributed by atoms with van der Waals surface area (Å²) in [6.07, 6.45) is 0. The molecule has 3 rings (SSSR count). The number of hydrogen-bond acceptors (Lipinski definition) is 3. The molecule has 28 heavy (non-hydrogen) atoms. The highest BCUT2D eigenvalue weighted by Gasteiger charge is 2.17. The van der Waals surface area contributed by atoms with E-state index in [9.17, 15) is 10.1 Å². The third-order valence-corrected chi connectivity index (χ3v) is 4.55. The largest absolute Gasteiger partial charge is 0.494 e. The highest BCUT2D eigenvalue weighted by molar-refractivity contribution is 6.01.